The van der Waals surface area contributed by atoms with Crippen molar-refractivity contribution in [3.8, 4) is 0 Å². The lowest BCUT2D eigenvalue weighted by molar-refractivity contribution is -0.384. The Morgan fingerprint density at radius 2 is 2.07 bits per heavy atom. The summed E-state index contributed by atoms with van der Waals surface area (Å²) in [7, 11) is 0. The highest BCUT2D eigenvalue weighted by Gasteiger charge is 2.01. The fourth-order valence-corrected chi connectivity index (χ4v) is 0.957. The van der Waals surface area contributed by atoms with Gasteiger partial charge in [0.2, 0.25) is 0 Å². The largest absolute Gasteiger partial charge is 0.411 e. The average molecular weight is 206 g/mol. The minimum absolute atomic E-state index is 0.0553. The molecule has 0 aliphatic rings. The highest BCUT2D eigenvalue weighted by atomic mass is 16.6. The fraction of sp³-hybridized carbons (Fsp3) is 0.100. The van der Waals surface area contributed by atoms with E-state index < -0.39 is 4.92 Å². The first-order chi connectivity index (χ1) is 7.13. The van der Waals surface area contributed by atoms with Crippen LogP contribution < -0.4 is 0 Å². The standard InChI is InChI=1S/C10H10N2O3/c1-8(11-13)2-3-9-4-6-10(7-5-9)12(14)15/h2-7,13H,1H3. The topological polar surface area (TPSA) is 75.7 Å². The highest BCUT2D eigenvalue weighted by Crippen LogP contribution is 2.12. The van der Waals surface area contributed by atoms with Crippen LogP contribution in [0.15, 0.2) is 35.5 Å². The van der Waals surface area contributed by atoms with Crippen molar-refractivity contribution in [2.45, 2.75) is 6.92 Å². The summed E-state index contributed by atoms with van der Waals surface area (Å²) >= 11 is 0. The molecule has 0 radical (unpaired) electrons. The molecule has 1 N–H and O–H groups in total. The van der Waals surface area contributed by atoms with Crippen LogP contribution in [0.4, 0.5) is 5.69 Å². The summed E-state index contributed by atoms with van der Waals surface area (Å²) in [6.45, 7) is 1.64. The molecule has 5 nitrogen and oxygen atoms in total. The van der Waals surface area contributed by atoms with Gasteiger partial charge in [-0.1, -0.05) is 11.2 Å². The number of nitrogens with zero attached hydrogens (tertiary/aromatic N) is 2. The number of nitro benzene ring substituents is 1. The predicted octanol–water partition coefficient (Wildman–Crippen LogP) is 2.46. The summed E-state index contributed by atoms with van der Waals surface area (Å²) < 4.78 is 0. The molecule has 0 aliphatic carbocycles. The van der Waals surface area contributed by atoms with E-state index in [0.717, 1.165) is 5.56 Å². The SMILES string of the molecule is CC(C=Cc1ccc([N+](=O)[O-])cc1)=NO. The van der Waals surface area contributed by atoms with Crippen molar-refractivity contribution in [1.82, 2.24) is 0 Å². The third-order valence-corrected chi connectivity index (χ3v) is 1.78. The molecule has 0 saturated carbocycles. The van der Waals surface area contributed by atoms with Gasteiger partial charge in [0.05, 0.1) is 10.6 Å². The van der Waals surface area contributed by atoms with E-state index in [0.29, 0.717) is 5.71 Å². The maximum Gasteiger partial charge on any atom is 0.269 e. The Hall–Kier alpha value is -2.17. The van der Waals surface area contributed by atoms with Crippen molar-refractivity contribution in [2.75, 3.05) is 0 Å². The van der Waals surface area contributed by atoms with Crippen LogP contribution in [0.5, 0.6) is 0 Å². The molecule has 5 heteroatoms. The quantitative estimate of drug-likeness (QED) is 0.357. The number of nitro groups is 1. The molecular formula is C10H10N2O3. The van der Waals surface area contributed by atoms with E-state index in [1.54, 1.807) is 31.2 Å². The number of rotatable bonds is 3. The molecule has 0 aromatic heterocycles. The number of oxime groups is 1. The summed E-state index contributed by atoms with van der Waals surface area (Å²) in [5.74, 6) is 0. The molecule has 1 aromatic carbocycles. The maximum atomic E-state index is 10.4. The molecule has 0 bridgehead atoms. The summed E-state index contributed by atoms with van der Waals surface area (Å²) in [5.41, 5.74) is 1.33. The first-order valence-electron chi connectivity index (χ1n) is 4.24. The minimum atomic E-state index is -0.450. The van der Waals surface area contributed by atoms with Gasteiger partial charge in [0.1, 0.15) is 0 Å². The first-order valence-corrected chi connectivity index (χ1v) is 4.24. The number of allylic oxidation sites excluding steroid dienone is 1. The van der Waals surface area contributed by atoms with Crippen LogP contribution in [0, 0.1) is 10.1 Å². The fourth-order valence-electron chi connectivity index (χ4n) is 0.957. The van der Waals surface area contributed by atoms with Gasteiger partial charge in [0.15, 0.2) is 0 Å². The number of non-ortho nitro benzene ring substituents is 1. The molecule has 0 atom stereocenters. The molecular weight excluding hydrogens is 196 g/mol. The van der Waals surface area contributed by atoms with Crippen LogP contribution >= 0.6 is 0 Å². The second kappa shape index (κ2) is 4.90. The zero-order valence-corrected chi connectivity index (χ0v) is 8.12. The normalized spacial score (nSPS) is 11.9. The number of hydrogen-bond donors (Lipinski definition) is 1. The van der Waals surface area contributed by atoms with Crippen molar-refractivity contribution in [2.24, 2.45) is 5.16 Å². The Labute approximate surface area is 86.5 Å². The van der Waals surface area contributed by atoms with Gasteiger partial charge in [-0.15, -0.1) is 0 Å². The number of benzene rings is 1. The smallest absolute Gasteiger partial charge is 0.269 e. The second-order valence-corrected chi connectivity index (χ2v) is 2.92. The first kappa shape index (κ1) is 10.9. The maximum absolute atomic E-state index is 10.4. The number of hydrogen-bond acceptors (Lipinski definition) is 4. The van der Waals surface area contributed by atoms with Crippen molar-refractivity contribution in [1.29, 1.82) is 0 Å². The van der Waals surface area contributed by atoms with E-state index in [1.807, 2.05) is 0 Å². The van der Waals surface area contributed by atoms with E-state index in [-0.39, 0.29) is 5.69 Å². The molecule has 0 unspecified atom stereocenters. The van der Waals surface area contributed by atoms with Crippen molar-refractivity contribution in [3.05, 3.63) is 46.0 Å². The highest BCUT2D eigenvalue weighted by molar-refractivity contribution is 5.95. The van der Waals surface area contributed by atoms with E-state index in [1.165, 1.54) is 12.1 Å². The summed E-state index contributed by atoms with van der Waals surface area (Å²) in [6, 6.07) is 6.09. The summed E-state index contributed by atoms with van der Waals surface area (Å²) in [4.78, 5) is 9.91. The van der Waals surface area contributed by atoms with E-state index in [2.05, 4.69) is 5.16 Å². The Bertz CT molecular complexity index is 407. The van der Waals surface area contributed by atoms with Crippen LogP contribution in [0.3, 0.4) is 0 Å². The molecule has 1 rings (SSSR count). The lowest BCUT2D eigenvalue weighted by Crippen LogP contribution is -1.87. The lowest BCUT2D eigenvalue weighted by Gasteiger charge is -1.93. The van der Waals surface area contributed by atoms with Gasteiger partial charge in [0.25, 0.3) is 5.69 Å². The zero-order chi connectivity index (χ0) is 11.3. The van der Waals surface area contributed by atoms with Gasteiger partial charge < -0.3 is 5.21 Å². The third-order valence-electron chi connectivity index (χ3n) is 1.78. The van der Waals surface area contributed by atoms with Gasteiger partial charge >= 0.3 is 0 Å². The van der Waals surface area contributed by atoms with E-state index >= 15 is 0 Å². The van der Waals surface area contributed by atoms with Gasteiger partial charge in [-0.25, -0.2) is 0 Å². The van der Waals surface area contributed by atoms with Gasteiger partial charge in [-0.3, -0.25) is 10.1 Å². The van der Waals surface area contributed by atoms with Gasteiger partial charge in [-0.2, -0.15) is 0 Å². The van der Waals surface area contributed by atoms with Crippen LogP contribution in [0.25, 0.3) is 6.08 Å². The Balaban J connectivity index is 2.81. The molecule has 0 amide bonds. The van der Waals surface area contributed by atoms with Crippen molar-refractivity contribution < 1.29 is 10.1 Å². The zero-order valence-electron chi connectivity index (χ0n) is 8.12. The van der Waals surface area contributed by atoms with Crippen LogP contribution in [-0.4, -0.2) is 15.8 Å². The molecule has 15 heavy (non-hydrogen) atoms. The Morgan fingerprint density at radius 3 is 2.53 bits per heavy atom. The minimum Gasteiger partial charge on any atom is -0.411 e. The lowest BCUT2D eigenvalue weighted by atomic mass is 10.2. The molecule has 0 heterocycles. The Morgan fingerprint density at radius 1 is 1.47 bits per heavy atom. The third kappa shape index (κ3) is 3.22. The van der Waals surface area contributed by atoms with Crippen LogP contribution in [0.1, 0.15) is 12.5 Å². The Kier molecular flexibility index (Phi) is 3.56. The molecule has 78 valence electrons. The van der Waals surface area contributed by atoms with Crippen molar-refractivity contribution >= 4 is 17.5 Å². The molecule has 0 saturated heterocycles. The predicted molar refractivity (Wildman–Crippen MR) is 57.0 cm³/mol. The van der Waals surface area contributed by atoms with Crippen LogP contribution in [0.2, 0.25) is 0 Å². The van der Waals surface area contributed by atoms with Crippen molar-refractivity contribution in [3.63, 3.8) is 0 Å². The van der Waals surface area contributed by atoms with Gasteiger partial charge in [0, 0.05) is 12.1 Å². The second-order valence-electron chi connectivity index (χ2n) is 2.92. The summed E-state index contributed by atoms with van der Waals surface area (Å²) in [6.07, 6.45) is 3.32. The molecule has 1 aromatic rings. The monoisotopic (exact) mass is 206 g/mol. The molecule has 0 aliphatic heterocycles. The van der Waals surface area contributed by atoms with Crippen LogP contribution in [-0.2, 0) is 0 Å². The molecule has 0 spiro atoms. The van der Waals surface area contributed by atoms with E-state index in [4.69, 9.17) is 5.21 Å². The summed E-state index contributed by atoms with van der Waals surface area (Å²) in [5, 5.41) is 21.7. The molecule has 0 fully saturated rings. The van der Waals surface area contributed by atoms with Gasteiger partial charge in [-0.05, 0) is 30.7 Å². The average Bonchev–Trinajstić information content (AvgIpc) is 2.26. The van der Waals surface area contributed by atoms with E-state index in [9.17, 15) is 10.1 Å².